The van der Waals surface area contributed by atoms with Crippen LogP contribution in [0.4, 0.5) is 0 Å². The van der Waals surface area contributed by atoms with E-state index in [0.717, 1.165) is 37.4 Å². The summed E-state index contributed by atoms with van der Waals surface area (Å²) in [5, 5.41) is 12.8. The minimum absolute atomic E-state index is 0.334. The molecule has 2 saturated carbocycles. The summed E-state index contributed by atoms with van der Waals surface area (Å²) in [6, 6.07) is 1.52. The monoisotopic (exact) mass is 282 g/mol. The Labute approximate surface area is 125 Å². The van der Waals surface area contributed by atoms with Crippen molar-refractivity contribution < 1.29 is 5.11 Å². The lowest BCUT2D eigenvalue weighted by molar-refractivity contribution is 0.0717. The second-order valence-corrected chi connectivity index (χ2v) is 7.00. The Bertz CT molecular complexity index is 268. The lowest BCUT2D eigenvalue weighted by Gasteiger charge is -2.43. The van der Waals surface area contributed by atoms with Crippen LogP contribution >= 0.6 is 0 Å². The van der Waals surface area contributed by atoms with Gasteiger partial charge in [0.1, 0.15) is 0 Å². The largest absolute Gasteiger partial charge is 0.396 e. The van der Waals surface area contributed by atoms with Gasteiger partial charge < -0.3 is 10.4 Å². The highest BCUT2D eigenvalue weighted by Crippen LogP contribution is 2.32. The number of hydrogen-bond donors (Lipinski definition) is 2. The van der Waals surface area contributed by atoms with Crippen LogP contribution in [0.15, 0.2) is 0 Å². The number of aliphatic hydroxyl groups excluding tert-OH is 1. The Balaban J connectivity index is 1.90. The summed E-state index contributed by atoms with van der Waals surface area (Å²) in [4.78, 5) is 2.69. The molecule has 0 radical (unpaired) electrons. The average molecular weight is 282 g/mol. The van der Waals surface area contributed by atoms with E-state index in [2.05, 4.69) is 24.1 Å². The summed E-state index contributed by atoms with van der Waals surface area (Å²) >= 11 is 0. The molecule has 0 bridgehead atoms. The Hall–Kier alpha value is -0.120. The lowest BCUT2D eigenvalue weighted by Crippen LogP contribution is -2.49. The van der Waals surface area contributed by atoms with Crippen LogP contribution in [0.2, 0.25) is 0 Å². The van der Waals surface area contributed by atoms with E-state index in [0.29, 0.717) is 12.6 Å². The van der Waals surface area contributed by atoms with Crippen molar-refractivity contribution in [1.82, 2.24) is 10.2 Å². The summed E-state index contributed by atoms with van der Waals surface area (Å²) in [6.45, 7) is 8.40. The summed E-state index contributed by atoms with van der Waals surface area (Å²) < 4.78 is 0. The molecule has 0 aliphatic heterocycles. The first-order valence-electron chi connectivity index (χ1n) is 8.82. The smallest absolute Gasteiger partial charge is 0.0443 e. The fourth-order valence-corrected chi connectivity index (χ4v) is 3.98. The zero-order valence-corrected chi connectivity index (χ0v) is 13.5. The summed E-state index contributed by atoms with van der Waals surface area (Å²) in [5.74, 6) is 1.69. The van der Waals surface area contributed by atoms with Gasteiger partial charge in [-0.3, -0.25) is 4.90 Å². The molecule has 2 rings (SSSR count). The van der Waals surface area contributed by atoms with Gasteiger partial charge in [-0.25, -0.2) is 0 Å². The van der Waals surface area contributed by atoms with Crippen LogP contribution < -0.4 is 5.32 Å². The first kappa shape index (κ1) is 16.3. The predicted octanol–water partition coefficient (Wildman–Crippen LogP) is 2.64. The van der Waals surface area contributed by atoms with Gasteiger partial charge in [0.15, 0.2) is 0 Å². The van der Waals surface area contributed by atoms with Crippen LogP contribution in [-0.2, 0) is 0 Å². The molecule has 3 nitrogen and oxygen atoms in total. The molecule has 2 fully saturated rings. The molecule has 3 unspecified atom stereocenters. The highest BCUT2D eigenvalue weighted by atomic mass is 16.3. The Morgan fingerprint density at radius 1 is 1.20 bits per heavy atom. The SMILES string of the molecule is CCNC1CCC(C)CC1CN(CCCO)C1CCC1. The first-order valence-corrected chi connectivity index (χ1v) is 8.82. The van der Waals surface area contributed by atoms with Crippen molar-refractivity contribution in [3.8, 4) is 0 Å². The molecule has 118 valence electrons. The van der Waals surface area contributed by atoms with Gasteiger partial charge in [-0.05, 0) is 56.9 Å². The number of aliphatic hydroxyl groups is 1. The van der Waals surface area contributed by atoms with Crippen LogP contribution in [0.5, 0.6) is 0 Å². The molecule has 2 aliphatic rings. The van der Waals surface area contributed by atoms with Crippen molar-refractivity contribution in [3.63, 3.8) is 0 Å². The van der Waals surface area contributed by atoms with Gasteiger partial charge in [0.25, 0.3) is 0 Å². The van der Waals surface area contributed by atoms with Crippen molar-refractivity contribution >= 4 is 0 Å². The van der Waals surface area contributed by atoms with E-state index in [1.807, 2.05) is 0 Å². The van der Waals surface area contributed by atoms with E-state index in [-0.39, 0.29) is 0 Å². The molecular weight excluding hydrogens is 248 g/mol. The van der Waals surface area contributed by atoms with Crippen molar-refractivity contribution in [2.45, 2.75) is 70.9 Å². The Kier molecular flexibility index (Phi) is 6.79. The van der Waals surface area contributed by atoms with Crippen molar-refractivity contribution in [2.24, 2.45) is 11.8 Å². The fraction of sp³-hybridized carbons (Fsp3) is 1.00. The van der Waals surface area contributed by atoms with Gasteiger partial charge in [-0.1, -0.05) is 20.3 Å². The van der Waals surface area contributed by atoms with E-state index in [1.165, 1.54) is 45.1 Å². The molecule has 2 aliphatic carbocycles. The molecule has 0 aromatic carbocycles. The molecule has 0 aromatic rings. The number of nitrogens with one attached hydrogen (secondary N) is 1. The highest BCUT2D eigenvalue weighted by molar-refractivity contribution is 4.88. The van der Waals surface area contributed by atoms with E-state index < -0.39 is 0 Å². The van der Waals surface area contributed by atoms with Crippen LogP contribution in [0, 0.1) is 11.8 Å². The molecule has 20 heavy (non-hydrogen) atoms. The zero-order valence-electron chi connectivity index (χ0n) is 13.5. The molecule has 0 heterocycles. The first-order chi connectivity index (χ1) is 9.74. The van der Waals surface area contributed by atoms with Crippen LogP contribution in [0.25, 0.3) is 0 Å². The summed E-state index contributed by atoms with van der Waals surface area (Å²) in [7, 11) is 0. The van der Waals surface area contributed by atoms with Crippen LogP contribution in [-0.4, -0.2) is 48.3 Å². The molecule has 0 amide bonds. The Morgan fingerprint density at radius 2 is 2.00 bits per heavy atom. The maximum absolute atomic E-state index is 9.13. The van der Waals surface area contributed by atoms with Gasteiger partial charge in [-0.2, -0.15) is 0 Å². The van der Waals surface area contributed by atoms with E-state index in [1.54, 1.807) is 0 Å². The van der Waals surface area contributed by atoms with Gasteiger partial charge in [0, 0.05) is 31.8 Å². The normalized spacial score (nSPS) is 31.5. The maximum Gasteiger partial charge on any atom is 0.0443 e. The number of rotatable bonds is 8. The average Bonchev–Trinajstić information content (AvgIpc) is 2.37. The van der Waals surface area contributed by atoms with Gasteiger partial charge in [0.05, 0.1) is 0 Å². The second kappa shape index (κ2) is 8.35. The number of nitrogens with zero attached hydrogens (tertiary/aromatic N) is 1. The molecule has 3 atom stereocenters. The fourth-order valence-electron chi connectivity index (χ4n) is 3.98. The third-order valence-electron chi connectivity index (χ3n) is 5.37. The summed E-state index contributed by atoms with van der Waals surface area (Å²) in [5.41, 5.74) is 0. The van der Waals surface area contributed by atoms with Crippen molar-refractivity contribution in [1.29, 1.82) is 0 Å². The lowest BCUT2D eigenvalue weighted by atomic mass is 9.77. The predicted molar refractivity (Wildman–Crippen MR) is 84.9 cm³/mol. The van der Waals surface area contributed by atoms with E-state index >= 15 is 0 Å². The molecule has 0 spiro atoms. The molecule has 3 heteroatoms. The quantitative estimate of drug-likeness (QED) is 0.718. The topological polar surface area (TPSA) is 35.5 Å². The highest BCUT2D eigenvalue weighted by Gasteiger charge is 2.32. The number of hydrogen-bond acceptors (Lipinski definition) is 3. The van der Waals surface area contributed by atoms with Gasteiger partial charge in [-0.15, -0.1) is 0 Å². The maximum atomic E-state index is 9.13. The van der Waals surface area contributed by atoms with E-state index in [9.17, 15) is 0 Å². The molecule has 0 aromatic heterocycles. The van der Waals surface area contributed by atoms with Gasteiger partial charge >= 0.3 is 0 Å². The third kappa shape index (κ3) is 4.44. The minimum atomic E-state index is 0.334. The minimum Gasteiger partial charge on any atom is -0.396 e. The van der Waals surface area contributed by atoms with Crippen molar-refractivity contribution in [2.75, 3.05) is 26.2 Å². The molecule has 2 N–H and O–H groups in total. The van der Waals surface area contributed by atoms with Gasteiger partial charge in [0.2, 0.25) is 0 Å². The van der Waals surface area contributed by atoms with E-state index in [4.69, 9.17) is 5.11 Å². The third-order valence-corrected chi connectivity index (χ3v) is 5.37. The molecular formula is C17H34N2O. The molecule has 0 saturated heterocycles. The van der Waals surface area contributed by atoms with Crippen LogP contribution in [0.1, 0.15) is 58.8 Å². The zero-order chi connectivity index (χ0) is 14.4. The standard InChI is InChI=1S/C17H34N2O/c1-3-18-17-9-8-14(2)12-15(17)13-19(10-5-11-20)16-6-4-7-16/h14-18,20H,3-13H2,1-2H3. The van der Waals surface area contributed by atoms with Crippen LogP contribution in [0.3, 0.4) is 0 Å². The Morgan fingerprint density at radius 3 is 2.60 bits per heavy atom. The summed E-state index contributed by atoms with van der Waals surface area (Å²) in [6.07, 6.45) is 9.19. The second-order valence-electron chi connectivity index (χ2n) is 7.00. The van der Waals surface area contributed by atoms with Crippen molar-refractivity contribution in [3.05, 3.63) is 0 Å².